The number of likely N-dealkylation sites (N-methyl/N-ethyl adjacent to an activating group) is 1. The van der Waals surface area contributed by atoms with Crippen molar-refractivity contribution in [1.29, 1.82) is 0 Å². The maximum Gasteiger partial charge on any atom is 0.0599 e. The van der Waals surface area contributed by atoms with Gasteiger partial charge in [-0.05, 0) is 33.2 Å². The summed E-state index contributed by atoms with van der Waals surface area (Å²) in [4.78, 5) is 4.79. The fourth-order valence-electron chi connectivity index (χ4n) is 2.54. The van der Waals surface area contributed by atoms with Crippen LogP contribution in [-0.4, -0.2) is 59.8 Å². The third kappa shape index (κ3) is 3.44. The summed E-state index contributed by atoms with van der Waals surface area (Å²) in [6.07, 6.45) is 0. The van der Waals surface area contributed by atoms with Crippen LogP contribution < -0.4 is 0 Å². The van der Waals surface area contributed by atoms with E-state index in [-0.39, 0.29) is 23.6 Å². The lowest BCUT2D eigenvalue weighted by molar-refractivity contribution is 0.0834. The van der Waals surface area contributed by atoms with Crippen molar-refractivity contribution in [2.24, 2.45) is 5.41 Å². The summed E-state index contributed by atoms with van der Waals surface area (Å²) in [7, 11) is 2.12. The van der Waals surface area contributed by atoms with Crippen molar-refractivity contribution in [3.8, 4) is 0 Å². The molecule has 1 unspecified atom stereocenters. The van der Waals surface area contributed by atoms with Gasteiger partial charge in [-0.3, -0.25) is 9.80 Å². The molecule has 0 amide bonds. The van der Waals surface area contributed by atoms with Gasteiger partial charge in [0.1, 0.15) is 0 Å². The van der Waals surface area contributed by atoms with Gasteiger partial charge in [0.05, 0.1) is 6.61 Å². The number of hydrogen-bond acceptors (Lipinski definition) is 3. The van der Waals surface area contributed by atoms with Crippen LogP contribution in [0.5, 0.6) is 0 Å². The maximum absolute atomic E-state index is 9.47. The molecule has 0 aliphatic carbocycles. The van der Waals surface area contributed by atoms with Crippen molar-refractivity contribution >= 4 is 0 Å². The molecule has 1 atom stereocenters. The highest BCUT2D eigenvalue weighted by molar-refractivity contribution is 4.91. The zero-order chi connectivity index (χ0) is 12.6. The summed E-state index contributed by atoms with van der Waals surface area (Å²) in [5.74, 6) is 0. The highest BCUT2D eigenvalue weighted by Crippen LogP contribution is 2.28. The smallest absolute Gasteiger partial charge is 0.0599 e. The van der Waals surface area contributed by atoms with Gasteiger partial charge in [-0.2, -0.15) is 0 Å². The summed E-state index contributed by atoms with van der Waals surface area (Å²) < 4.78 is 0. The van der Waals surface area contributed by atoms with E-state index >= 15 is 0 Å². The Morgan fingerprint density at radius 1 is 1.25 bits per heavy atom. The van der Waals surface area contributed by atoms with Crippen LogP contribution in [0.15, 0.2) is 0 Å². The second-order valence-electron chi connectivity index (χ2n) is 6.97. The van der Waals surface area contributed by atoms with E-state index in [9.17, 15) is 5.11 Å². The molecule has 0 saturated carbocycles. The fraction of sp³-hybridized carbons (Fsp3) is 1.00. The van der Waals surface area contributed by atoms with E-state index in [1.807, 2.05) is 0 Å². The molecule has 1 rings (SSSR count). The lowest BCUT2D eigenvalue weighted by Crippen LogP contribution is -2.49. The molecule has 1 N–H and O–H groups in total. The predicted molar refractivity (Wildman–Crippen MR) is 68.6 cm³/mol. The standard InChI is InChI=1S/C13H28N2O/c1-12(2,3)15-7-11(8-16)14(6)9-13(4,5)10-15/h11,16H,7-10H2,1-6H3. The maximum atomic E-state index is 9.47. The molecule has 0 spiro atoms. The van der Waals surface area contributed by atoms with E-state index in [0.717, 1.165) is 19.6 Å². The average Bonchev–Trinajstić information content (AvgIpc) is 2.19. The molecule has 0 radical (unpaired) electrons. The lowest BCUT2D eigenvalue weighted by Gasteiger charge is -2.39. The molecular weight excluding hydrogens is 200 g/mol. The van der Waals surface area contributed by atoms with Crippen LogP contribution in [0.1, 0.15) is 34.6 Å². The number of aliphatic hydroxyl groups excluding tert-OH is 1. The molecule has 16 heavy (non-hydrogen) atoms. The Kier molecular flexibility index (Phi) is 4.04. The van der Waals surface area contributed by atoms with Crippen LogP contribution in [0.25, 0.3) is 0 Å². The van der Waals surface area contributed by atoms with Gasteiger partial charge >= 0.3 is 0 Å². The van der Waals surface area contributed by atoms with Gasteiger partial charge in [0.2, 0.25) is 0 Å². The first-order valence-electron chi connectivity index (χ1n) is 6.22. The summed E-state index contributed by atoms with van der Waals surface area (Å²) in [6, 6.07) is 0.265. The summed E-state index contributed by atoms with van der Waals surface area (Å²) in [5.41, 5.74) is 0.460. The molecular formula is C13H28N2O. The molecule has 96 valence electrons. The molecule has 1 heterocycles. The van der Waals surface area contributed by atoms with Gasteiger partial charge in [-0.1, -0.05) is 13.8 Å². The third-order valence-corrected chi connectivity index (χ3v) is 3.51. The second-order valence-corrected chi connectivity index (χ2v) is 6.97. The minimum atomic E-state index is 0.176. The number of hydrogen-bond donors (Lipinski definition) is 1. The average molecular weight is 228 g/mol. The van der Waals surface area contributed by atoms with E-state index in [2.05, 4.69) is 51.5 Å². The predicted octanol–water partition coefficient (Wildman–Crippen LogP) is 1.42. The van der Waals surface area contributed by atoms with Crippen molar-refractivity contribution in [2.45, 2.75) is 46.2 Å². The van der Waals surface area contributed by atoms with Crippen molar-refractivity contribution in [3.05, 3.63) is 0 Å². The zero-order valence-electron chi connectivity index (χ0n) is 11.7. The fourth-order valence-corrected chi connectivity index (χ4v) is 2.54. The monoisotopic (exact) mass is 228 g/mol. The largest absolute Gasteiger partial charge is 0.395 e. The number of aliphatic hydroxyl groups is 1. The molecule has 0 aromatic heterocycles. The van der Waals surface area contributed by atoms with Gasteiger partial charge < -0.3 is 5.11 Å². The lowest BCUT2D eigenvalue weighted by atomic mass is 9.91. The van der Waals surface area contributed by atoms with Crippen molar-refractivity contribution in [2.75, 3.05) is 33.3 Å². The Hall–Kier alpha value is -0.120. The normalized spacial score (nSPS) is 29.1. The quantitative estimate of drug-likeness (QED) is 0.735. The number of rotatable bonds is 1. The van der Waals surface area contributed by atoms with Gasteiger partial charge in [-0.25, -0.2) is 0 Å². The Labute approximate surface area is 100 Å². The summed E-state index contributed by atoms with van der Waals surface area (Å²) in [5, 5.41) is 9.47. The Morgan fingerprint density at radius 2 is 1.81 bits per heavy atom. The van der Waals surface area contributed by atoms with Gasteiger partial charge in [0.25, 0.3) is 0 Å². The van der Waals surface area contributed by atoms with Crippen LogP contribution >= 0.6 is 0 Å². The van der Waals surface area contributed by atoms with E-state index in [0.29, 0.717) is 0 Å². The van der Waals surface area contributed by atoms with Gasteiger partial charge in [0, 0.05) is 31.2 Å². The summed E-state index contributed by atoms with van der Waals surface area (Å²) in [6.45, 7) is 14.7. The first-order valence-corrected chi connectivity index (χ1v) is 6.22. The number of nitrogens with zero attached hydrogens (tertiary/aromatic N) is 2. The Balaban J connectivity index is 2.88. The van der Waals surface area contributed by atoms with Crippen molar-refractivity contribution in [3.63, 3.8) is 0 Å². The first kappa shape index (κ1) is 13.9. The highest BCUT2D eigenvalue weighted by atomic mass is 16.3. The van der Waals surface area contributed by atoms with Crippen LogP contribution in [-0.2, 0) is 0 Å². The van der Waals surface area contributed by atoms with Gasteiger partial charge in [-0.15, -0.1) is 0 Å². The van der Waals surface area contributed by atoms with Crippen LogP contribution in [0.2, 0.25) is 0 Å². The van der Waals surface area contributed by atoms with Crippen LogP contribution in [0, 0.1) is 5.41 Å². The molecule has 3 nitrogen and oxygen atoms in total. The molecule has 0 aromatic carbocycles. The Bertz CT molecular complexity index is 233. The van der Waals surface area contributed by atoms with Gasteiger partial charge in [0.15, 0.2) is 0 Å². The van der Waals surface area contributed by atoms with E-state index < -0.39 is 0 Å². The minimum Gasteiger partial charge on any atom is -0.395 e. The zero-order valence-corrected chi connectivity index (χ0v) is 11.7. The molecule has 3 heteroatoms. The van der Waals surface area contributed by atoms with Crippen LogP contribution in [0.3, 0.4) is 0 Å². The molecule has 0 aromatic rings. The van der Waals surface area contributed by atoms with E-state index in [1.54, 1.807) is 0 Å². The first-order chi connectivity index (χ1) is 7.15. The minimum absolute atomic E-state index is 0.176. The topological polar surface area (TPSA) is 26.7 Å². The van der Waals surface area contributed by atoms with Crippen LogP contribution in [0.4, 0.5) is 0 Å². The van der Waals surface area contributed by atoms with E-state index in [4.69, 9.17) is 0 Å². The molecule has 1 aliphatic heterocycles. The van der Waals surface area contributed by atoms with E-state index in [1.165, 1.54) is 0 Å². The third-order valence-electron chi connectivity index (χ3n) is 3.51. The molecule has 1 fully saturated rings. The second kappa shape index (κ2) is 4.63. The van der Waals surface area contributed by atoms with Crippen molar-refractivity contribution < 1.29 is 5.11 Å². The highest BCUT2D eigenvalue weighted by Gasteiger charge is 2.36. The van der Waals surface area contributed by atoms with Crippen molar-refractivity contribution in [1.82, 2.24) is 9.80 Å². The Morgan fingerprint density at radius 3 is 2.25 bits per heavy atom. The molecule has 1 aliphatic rings. The SMILES string of the molecule is CN1CC(C)(C)CN(C(C)(C)C)CC1CO. The molecule has 0 bridgehead atoms. The summed E-state index contributed by atoms with van der Waals surface area (Å²) >= 11 is 0. The molecule has 1 saturated heterocycles.